The van der Waals surface area contributed by atoms with Crippen molar-refractivity contribution in [1.82, 2.24) is 0 Å². The maximum atomic E-state index is 12.1. The van der Waals surface area contributed by atoms with Crippen LogP contribution in [0, 0.1) is 10.4 Å². The number of fused-ring (bicyclic) bond motifs is 4. The van der Waals surface area contributed by atoms with Gasteiger partial charge in [0.1, 0.15) is 0 Å². The fourth-order valence-corrected chi connectivity index (χ4v) is 4.53. The fraction of sp³-hybridized carbons (Fsp3) is 0. The summed E-state index contributed by atoms with van der Waals surface area (Å²) in [6.07, 6.45) is 0. The van der Waals surface area contributed by atoms with E-state index >= 15 is 0 Å². The van der Waals surface area contributed by atoms with Crippen LogP contribution in [0.15, 0.2) is 97.1 Å². The molecule has 0 saturated carbocycles. The molecule has 0 N–H and O–H groups in total. The summed E-state index contributed by atoms with van der Waals surface area (Å²) in [5.74, 6) is 0. The lowest BCUT2D eigenvalue weighted by molar-refractivity contribution is -0.548. The zero-order valence-electron chi connectivity index (χ0n) is 18.2. The molecule has 0 saturated heterocycles. The smallest absolute Gasteiger partial charge is 0.225 e. The fourth-order valence-electron chi connectivity index (χ4n) is 3.90. The van der Waals surface area contributed by atoms with Crippen LogP contribution in [-0.4, -0.2) is 0 Å². The molecule has 0 unspecified atom stereocenters. The molecule has 0 fully saturated rings. The molecule has 0 atom stereocenters. The van der Waals surface area contributed by atoms with Gasteiger partial charge in [-0.3, -0.25) is 0 Å². The Kier molecular flexibility index (Phi) is 12.0. The summed E-state index contributed by atoms with van der Waals surface area (Å²) in [4.78, 5) is 0. The van der Waals surface area contributed by atoms with E-state index in [9.17, 15) is 10.4 Å². The maximum absolute atomic E-state index is 12.1. The molecule has 4 nitrogen and oxygen atoms in total. The van der Waals surface area contributed by atoms with Crippen molar-refractivity contribution in [2.45, 2.75) is 0 Å². The van der Waals surface area contributed by atoms with Crippen molar-refractivity contribution in [3.63, 3.8) is 0 Å². The Morgan fingerprint density at radius 1 is 0.417 bits per heavy atom. The number of hydrogen-bond donors (Lipinski definition) is 0. The molecular formula is C26H16Cl2I4N2O2. The molecule has 0 aliphatic rings. The highest BCUT2D eigenvalue weighted by Gasteiger charge is 2.15. The predicted molar refractivity (Wildman–Crippen MR) is 187 cm³/mol. The highest BCUT2D eigenvalue weighted by molar-refractivity contribution is 15.0. The van der Waals surface area contributed by atoms with Crippen LogP contribution in [0.4, 0.5) is 0 Å². The first kappa shape index (κ1) is 29.9. The Morgan fingerprint density at radius 3 is 0.833 bits per heavy atom. The number of aromatic nitrogens is 2. The lowest BCUT2D eigenvalue weighted by Gasteiger charge is -2.07. The van der Waals surface area contributed by atoms with Crippen LogP contribution < -0.4 is 9.46 Å². The molecule has 0 aliphatic carbocycles. The molecule has 6 rings (SSSR count). The quantitative estimate of drug-likeness (QED) is 0.0659. The summed E-state index contributed by atoms with van der Waals surface area (Å²) < 4.78 is 1.85. The molecular weight excluding hydrogens is 951 g/mol. The van der Waals surface area contributed by atoms with E-state index in [2.05, 4.69) is 74.5 Å². The molecule has 2 aromatic heterocycles. The first-order valence-corrected chi connectivity index (χ1v) is 23.6. The third-order valence-electron chi connectivity index (χ3n) is 5.44. The van der Waals surface area contributed by atoms with E-state index in [1.54, 1.807) is 24.3 Å². The summed E-state index contributed by atoms with van der Waals surface area (Å²) in [5, 5.41) is 28.6. The van der Waals surface area contributed by atoms with E-state index in [0.717, 1.165) is 31.0 Å². The molecule has 2 heterocycles. The highest BCUT2D eigenvalue weighted by atomic mass is 128. The molecule has 0 bridgehead atoms. The Labute approximate surface area is 264 Å². The lowest BCUT2D eigenvalue weighted by atomic mass is 10.1. The Hall–Kier alpha value is -0.680. The molecule has 4 aromatic carbocycles. The Balaban J connectivity index is 0.000000177. The summed E-state index contributed by atoms with van der Waals surface area (Å²) in [6.45, 7) is 0. The van der Waals surface area contributed by atoms with Crippen molar-refractivity contribution in [2.75, 3.05) is 0 Å². The van der Waals surface area contributed by atoms with Gasteiger partial charge in [0.05, 0.1) is 31.6 Å². The average Bonchev–Trinajstić information content (AvgIpc) is 2.97. The van der Waals surface area contributed by atoms with Gasteiger partial charge in [-0.25, -0.2) is 0 Å². The number of hydrogen-bond acceptors (Lipinski definition) is 2. The minimum absolute atomic E-state index is 0.603. The number of nitrogens with zero attached hydrogens (tertiary/aromatic N) is 2. The van der Waals surface area contributed by atoms with Crippen LogP contribution in [0.5, 0.6) is 0 Å². The molecule has 0 aliphatic heterocycles. The summed E-state index contributed by atoms with van der Waals surface area (Å²) in [7, 11) is 0. The predicted octanol–water partition coefficient (Wildman–Crippen LogP) is 10.1. The number of para-hydroxylation sites is 4. The van der Waals surface area contributed by atoms with E-state index < -0.39 is 0 Å². The Morgan fingerprint density at radius 2 is 0.611 bits per heavy atom. The second-order valence-corrected chi connectivity index (χ2v) is 8.04. The van der Waals surface area contributed by atoms with E-state index in [1.807, 2.05) is 72.8 Å². The normalized spacial score (nSPS) is 10.2. The third-order valence-corrected chi connectivity index (χ3v) is 6.25. The van der Waals surface area contributed by atoms with Crippen molar-refractivity contribution in [3.05, 3.63) is 118 Å². The van der Waals surface area contributed by atoms with Gasteiger partial charge >= 0.3 is 0 Å². The van der Waals surface area contributed by atoms with Crippen LogP contribution in [0.2, 0.25) is 10.0 Å². The molecule has 184 valence electrons. The third kappa shape index (κ3) is 6.14. The van der Waals surface area contributed by atoms with Gasteiger partial charge in [-0.15, -0.1) is 0 Å². The monoisotopic (exact) mass is 966 g/mol. The van der Waals surface area contributed by atoms with Crippen LogP contribution in [0.3, 0.4) is 0 Å². The van der Waals surface area contributed by atoms with Gasteiger partial charge in [-0.2, -0.15) is 9.46 Å². The summed E-state index contributed by atoms with van der Waals surface area (Å²) in [5.41, 5.74) is 2.41. The van der Waals surface area contributed by atoms with Gasteiger partial charge in [0, 0.05) is 98.7 Å². The Bertz CT molecular complexity index is 1290. The van der Waals surface area contributed by atoms with Gasteiger partial charge in [0.2, 0.25) is 22.1 Å². The SMILES string of the molecule is II.II.[O-][n+]1c2ccccc2c(Cl)c2ccccc21.[O-][n+]1c2ccccc2c(Cl)c2ccccc21. The molecule has 0 radical (unpaired) electrons. The number of pyridine rings is 2. The number of rotatable bonds is 0. The van der Waals surface area contributed by atoms with Gasteiger partial charge < -0.3 is 10.4 Å². The van der Waals surface area contributed by atoms with Gasteiger partial charge in [-0.05, 0) is 24.3 Å². The second kappa shape index (κ2) is 14.5. The molecule has 6 aromatic rings. The van der Waals surface area contributed by atoms with E-state index in [1.165, 1.54) is 0 Å². The zero-order valence-corrected chi connectivity index (χ0v) is 28.4. The van der Waals surface area contributed by atoms with Crippen molar-refractivity contribution in [1.29, 1.82) is 0 Å². The first-order valence-electron chi connectivity index (χ1n) is 10.2. The second-order valence-electron chi connectivity index (χ2n) is 7.29. The maximum Gasteiger partial charge on any atom is 0.225 e. The lowest BCUT2D eigenvalue weighted by Crippen LogP contribution is -2.28. The number of benzene rings is 4. The van der Waals surface area contributed by atoms with E-state index in [-0.39, 0.29) is 0 Å². The van der Waals surface area contributed by atoms with Crippen molar-refractivity contribution >= 4 is 141 Å². The van der Waals surface area contributed by atoms with Crippen molar-refractivity contribution < 1.29 is 9.46 Å². The van der Waals surface area contributed by atoms with Crippen LogP contribution in [0.1, 0.15) is 0 Å². The average molecular weight is 967 g/mol. The van der Waals surface area contributed by atoms with Crippen molar-refractivity contribution in [2.24, 2.45) is 0 Å². The summed E-state index contributed by atoms with van der Waals surface area (Å²) >= 11 is 21.1. The summed E-state index contributed by atoms with van der Waals surface area (Å²) in [6, 6.07) is 29.4. The molecule has 36 heavy (non-hydrogen) atoms. The zero-order chi connectivity index (χ0) is 26.2. The minimum atomic E-state index is 0.603. The van der Waals surface area contributed by atoms with Crippen LogP contribution in [-0.2, 0) is 0 Å². The van der Waals surface area contributed by atoms with Gasteiger partial charge in [-0.1, -0.05) is 71.7 Å². The standard InChI is InChI=1S/2C13H8ClNO.2I2/c2*14-13-9-5-1-3-7-11(9)15(16)12-8-4-2-6-10(12)13;2*1-2/h2*1-8H;;. The molecule has 10 heteroatoms. The van der Waals surface area contributed by atoms with E-state index in [0.29, 0.717) is 32.1 Å². The van der Waals surface area contributed by atoms with Crippen molar-refractivity contribution in [3.8, 4) is 0 Å². The highest BCUT2D eigenvalue weighted by Crippen LogP contribution is 2.29. The van der Waals surface area contributed by atoms with Crippen LogP contribution >= 0.6 is 97.7 Å². The van der Waals surface area contributed by atoms with Gasteiger partial charge in [0.15, 0.2) is 0 Å². The molecule has 0 amide bonds. The van der Waals surface area contributed by atoms with Gasteiger partial charge in [0.25, 0.3) is 0 Å². The number of halogens is 6. The van der Waals surface area contributed by atoms with E-state index in [4.69, 9.17) is 23.2 Å². The minimum Gasteiger partial charge on any atom is -0.618 e. The topological polar surface area (TPSA) is 53.9 Å². The molecule has 0 spiro atoms. The van der Waals surface area contributed by atoms with Crippen LogP contribution in [0.25, 0.3) is 43.6 Å². The largest absolute Gasteiger partial charge is 0.618 e. The first-order chi connectivity index (χ1) is 17.6.